The predicted octanol–water partition coefficient (Wildman–Crippen LogP) is 3.04. The van der Waals surface area contributed by atoms with Crippen LogP contribution in [0.2, 0.25) is 0 Å². The number of aromatic carboxylic acids is 1. The minimum Gasteiger partial charge on any atom is -0.478 e. The van der Waals surface area contributed by atoms with Gasteiger partial charge < -0.3 is 9.84 Å². The molecule has 0 aromatic heterocycles. The van der Waals surface area contributed by atoms with Crippen molar-refractivity contribution in [3.8, 4) is 0 Å². The van der Waals surface area contributed by atoms with Crippen molar-refractivity contribution in [2.45, 2.75) is 24.8 Å². The van der Waals surface area contributed by atoms with Gasteiger partial charge in [0.1, 0.15) is 5.82 Å². The fourth-order valence-corrected chi connectivity index (χ4v) is 2.00. The average molecular weight is 258 g/mol. The van der Waals surface area contributed by atoms with Crippen LogP contribution in [-0.4, -0.2) is 29.5 Å². The summed E-state index contributed by atoms with van der Waals surface area (Å²) in [6, 6.07) is 3.78. The fourth-order valence-electron chi connectivity index (χ4n) is 1.18. The van der Waals surface area contributed by atoms with Gasteiger partial charge in [0, 0.05) is 10.6 Å². The van der Waals surface area contributed by atoms with E-state index in [-0.39, 0.29) is 11.7 Å². The van der Waals surface area contributed by atoms with Gasteiger partial charge in [-0.05, 0) is 32.0 Å². The maximum absolute atomic E-state index is 13.4. The molecule has 1 rings (SSSR count). The van der Waals surface area contributed by atoms with Gasteiger partial charge in [0.2, 0.25) is 0 Å². The highest BCUT2D eigenvalue weighted by Gasteiger charge is 2.08. The first-order valence-corrected chi connectivity index (χ1v) is 6.26. The Morgan fingerprint density at radius 1 is 1.53 bits per heavy atom. The second-order valence-electron chi connectivity index (χ2n) is 3.72. The van der Waals surface area contributed by atoms with Crippen LogP contribution in [0.15, 0.2) is 23.1 Å². The molecule has 1 aromatic rings. The molecule has 0 unspecified atom stereocenters. The minimum atomic E-state index is -1.05. The van der Waals surface area contributed by atoms with Crippen LogP contribution in [0.5, 0.6) is 0 Å². The summed E-state index contributed by atoms with van der Waals surface area (Å²) in [6.07, 6.45) is 0.144. The first kappa shape index (κ1) is 14.0. The summed E-state index contributed by atoms with van der Waals surface area (Å²) in [5, 5.41) is 8.79. The third kappa shape index (κ3) is 4.75. The molecule has 0 aliphatic rings. The zero-order valence-corrected chi connectivity index (χ0v) is 10.6. The first-order chi connectivity index (χ1) is 8.00. The number of benzene rings is 1. The highest BCUT2D eigenvalue weighted by atomic mass is 32.2. The van der Waals surface area contributed by atoms with Gasteiger partial charge >= 0.3 is 5.97 Å². The number of halogens is 1. The number of carboxylic acids is 1. The Morgan fingerprint density at radius 3 is 2.82 bits per heavy atom. The van der Waals surface area contributed by atoms with Crippen LogP contribution in [-0.2, 0) is 4.74 Å². The van der Waals surface area contributed by atoms with E-state index in [1.807, 2.05) is 13.8 Å². The largest absolute Gasteiger partial charge is 0.478 e. The predicted molar refractivity (Wildman–Crippen MR) is 65.2 cm³/mol. The zero-order chi connectivity index (χ0) is 12.8. The van der Waals surface area contributed by atoms with E-state index in [2.05, 4.69) is 0 Å². The summed E-state index contributed by atoms with van der Waals surface area (Å²) in [5.41, 5.74) is 0.0960. The molecular formula is C12H15FO3S. The molecule has 0 saturated carbocycles. The van der Waals surface area contributed by atoms with E-state index in [0.717, 1.165) is 0 Å². The Bertz CT molecular complexity index is 393. The molecular weight excluding hydrogens is 243 g/mol. The van der Waals surface area contributed by atoms with Gasteiger partial charge in [0.25, 0.3) is 0 Å². The zero-order valence-electron chi connectivity index (χ0n) is 9.77. The van der Waals surface area contributed by atoms with Gasteiger partial charge in [-0.15, -0.1) is 11.8 Å². The lowest BCUT2D eigenvalue weighted by Crippen LogP contribution is -2.05. The van der Waals surface area contributed by atoms with Gasteiger partial charge in [-0.25, -0.2) is 9.18 Å². The Hall–Kier alpha value is -1.07. The highest BCUT2D eigenvalue weighted by Crippen LogP contribution is 2.23. The fraction of sp³-hybridized carbons (Fsp3) is 0.417. The molecule has 1 aromatic carbocycles. The van der Waals surface area contributed by atoms with E-state index in [0.29, 0.717) is 17.3 Å². The molecule has 3 nitrogen and oxygen atoms in total. The Labute approximate surface area is 104 Å². The third-order valence-electron chi connectivity index (χ3n) is 1.97. The SMILES string of the molecule is CC(C)OCCSc1cc(C(=O)O)ccc1F. The Morgan fingerprint density at radius 2 is 2.24 bits per heavy atom. The smallest absolute Gasteiger partial charge is 0.335 e. The molecule has 0 amide bonds. The molecule has 5 heteroatoms. The molecule has 0 saturated heterocycles. The summed E-state index contributed by atoms with van der Waals surface area (Å²) in [4.78, 5) is 11.1. The number of thioether (sulfide) groups is 1. The van der Waals surface area contributed by atoms with E-state index in [9.17, 15) is 9.18 Å². The highest BCUT2D eigenvalue weighted by molar-refractivity contribution is 7.99. The van der Waals surface area contributed by atoms with Crippen molar-refractivity contribution in [2.75, 3.05) is 12.4 Å². The van der Waals surface area contributed by atoms with Crippen molar-refractivity contribution in [3.05, 3.63) is 29.6 Å². The maximum atomic E-state index is 13.4. The van der Waals surface area contributed by atoms with Crippen molar-refractivity contribution in [1.29, 1.82) is 0 Å². The number of rotatable bonds is 6. The van der Waals surface area contributed by atoms with Crippen molar-refractivity contribution in [2.24, 2.45) is 0 Å². The van der Waals surface area contributed by atoms with Crippen molar-refractivity contribution < 1.29 is 19.0 Å². The molecule has 0 aliphatic heterocycles. The van der Waals surface area contributed by atoms with Gasteiger partial charge in [0.05, 0.1) is 18.3 Å². The molecule has 17 heavy (non-hydrogen) atoms. The standard InChI is InChI=1S/C12H15FO3S/c1-8(2)16-5-6-17-11-7-9(12(14)15)3-4-10(11)13/h3-4,7-8H,5-6H2,1-2H3,(H,14,15). The van der Waals surface area contributed by atoms with Gasteiger partial charge in [-0.2, -0.15) is 0 Å². The molecule has 0 fully saturated rings. The van der Waals surface area contributed by atoms with Crippen LogP contribution in [0, 0.1) is 5.82 Å². The van der Waals surface area contributed by atoms with Crippen molar-refractivity contribution >= 4 is 17.7 Å². The third-order valence-corrected chi connectivity index (χ3v) is 2.96. The van der Waals surface area contributed by atoms with Crippen LogP contribution in [0.4, 0.5) is 4.39 Å². The molecule has 0 atom stereocenters. The summed E-state index contributed by atoms with van der Waals surface area (Å²) in [7, 11) is 0. The number of carboxylic acid groups (broad SMARTS) is 1. The maximum Gasteiger partial charge on any atom is 0.335 e. The quantitative estimate of drug-likeness (QED) is 0.629. The van der Waals surface area contributed by atoms with E-state index in [4.69, 9.17) is 9.84 Å². The summed E-state index contributed by atoms with van der Waals surface area (Å²) >= 11 is 1.26. The summed E-state index contributed by atoms with van der Waals surface area (Å²) < 4.78 is 18.7. The topological polar surface area (TPSA) is 46.5 Å². The molecule has 0 spiro atoms. The van der Waals surface area contributed by atoms with E-state index in [1.165, 1.54) is 30.0 Å². The van der Waals surface area contributed by atoms with Crippen LogP contribution in [0.3, 0.4) is 0 Å². The van der Waals surface area contributed by atoms with Crippen LogP contribution >= 0.6 is 11.8 Å². The molecule has 94 valence electrons. The second kappa shape index (κ2) is 6.61. The molecule has 0 aliphatic carbocycles. The van der Waals surface area contributed by atoms with E-state index in [1.54, 1.807) is 0 Å². The van der Waals surface area contributed by atoms with Crippen molar-refractivity contribution in [1.82, 2.24) is 0 Å². The van der Waals surface area contributed by atoms with Crippen LogP contribution < -0.4 is 0 Å². The van der Waals surface area contributed by atoms with Crippen LogP contribution in [0.1, 0.15) is 24.2 Å². The normalized spacial score (nSPS) is 10.8. The number of ether oxygens (including phenoxy) is 1. The van der Waals surface area contributed by atoms with E-state index >= 15 is 0 Å². The lowest BCUT2D eigenvalue weighted by molar-refractivity contribution is 0.0696. The minimum absolute atomic E-state index is 0.0960. The summed E-state index contributed by atoms with van der Waals surface area (Å²) in [6.45, 7) is 4.37. The number of carbonyl (C=O) groups is 1. The Kier molecular flexibility index (Phi) is 5.44. The van der Waals surface area contributed by atoms with Gasteiger partial charge in [-0.1, -0.05) is 0 Å². The van der Waals surface area contributed by atoms with Gasteiger partial charge in [0.15, 0.2) is 0 Å². The number of hydrogen-bond donors (Lipinski definition) is 1. The lowest BCUT2D eigenvalue weighted by Gasteiger charge is -2.07. The average Bonchev–Trinajstić information content (AvgIpc) is 2.25. The first-order valence-electron chi connectivity index (χ1n) is 5.28. The monoisotopic (exact) mass is 258 g/mol. The molecule has 0 bridgehead atoms. The second-order valence-corrected chi connectivity index (χ2v) is 4.86. The molecule has 0 heterocycles. The summed E-state index contributed by atoms with van der Waals surface area (Å²) in [5.74, 6) is -0.854. The van der Waals surface area contributed by atoms with Crippen molar-refractivity contribution in [3.63, 3.8) is 0 Å². The lowest BCUT2D eigenvalue weighted by atomic mass is 10.2. The molecule has 0 radical (unpaired) electrons. The number of hydrogen-bond acceptors (Lipinski definition) is 3. The van der Waals surface area contributed by atoms with Crippen LogP contribution in [0.25, 0.3) is 0 Å². The van der Waals surface area contributed by atoms with Gasteiger partial charge in [-0.3, -0.25) is 0 Å². The van der Waals surface area contributed by atoms with E-state index < -0.39 is 11.8 Å². The Balaban J connectivity index is 2.57. The molecule has 1 N–H and O–H groups in total.